The molecule has 2 N–H and O–H groups in total. The summed E-state index contributed by atoms with van der Waals surface area (Å²) >= 11 is 3.50. The number of benzene rings is 1. The molecule has 2 heterocycles. The Hall–Kier alpha value is -0.880. The van der Waals surface area contributed by atoms with Crippen LogP contribution in [-0.4, -0.2) is 41.0 Å². The van der Waals surface area contributed by atoms with Crippen molar-refractivity contribution in [2.24, 2.45) is 0 Å². The van der Waals surface area contributed by atoms with Crippen molar-refractivity contribution in [3.63, 3.8) is 0 Å². The number of H-pyrrole nitrogens is 1. The quantitative estimate of drug-likeness (QED) is 0.887. The molecule has 0 bridgehead atoms. The first-order valence-corrected chi connectivity index (χ1v) is 7.33. The number of halogens is 2. The highest BCUT2D eigenvalue weighted by Crippen LogP contribution is 2.21. The Labute approximate surface area is 133 Å². The molecule has 3 rings (SSSR count). The molecule has 20 heavy (non-hydrogen) atoms. The van der Waals surface area contributed by atoms with E-state index in [2.05, 4.69) is 48.2 Å². The summed E-state index contributed by atoms with van der Waals surface area (Å²) in [6.07, 6.45) is 1.92. The molecule has 1 saturated heterocycles. The minimum absolute atomic E-state index is 0. The molecule has 1 aromatic heterocycles. The van der Waals surface area contributed by atoms with Crippen LogP contribution in [0, 0.1) is 0 Å². The number of nitrogens with zero attached hydrogens (tertiary/aromatic N) is 2. The molecule has 1 aliphatic rings. The molecule has 1 fully saturated rings. The Bertz CT molecular complexity index is 552. The normalized spacial score (nSPS) is 15.8. The van der Waals surface area contributed by atoms with E-state index in [4.69, 9.17) is 0 Å². The standard InChI is InChI=1S/C14H17BrN4.ClH/c15-12-3-1-2-11(8-12)13-9-17-14(18-13)10-19-6-4-16-5-7-19;/h1-3,8-9,16H,4-7,10H2,(H,17,18);1H. The number of aromatic amines is 1. The number of hydrogen-bond acceptors (Lipinski definition) is 3. The number of hydrogen-bond donors (Lipinski definition) is 2. The fourth-order valence-electron chi connectivity index (χ4n) is 2.33. The third-order valence-corrected chi connectivity index (χ3v) is 3.84. The van der Waals surface area contributed by atoms with Gasteiger partial charge in [-0.1, -0.05) is 28.1 Å². The number of imidazole rings is 1. The van der Waals surface area contributed by atoms with E-state index >= 15 is 0 Å². The van der Waals surface area contributed by atoms with Crippen LogP contribution < -0.4 is 5.32 Å². The first-order chi connectivity index (χ1) is 9.31. The van der Waals surface area contributed by atoms with Crippen LogP contribution in [0.3, 0.4) is 0 Å². The molecule has 0 spiro atoms. The van der Waals surface area contributed by atoms with E-state index in [0.717, 1.165) is 54.3 Å². The Morgan fingerprint density at radius 3 is 2.80 bits per heavy atom. The van der Waals surface area contributed by atoms with Gasteiger partial charge in [-0.3, -0.25) is 4.90 Å². The summed E-state index contributed by atoms with van der Waals surface area (Å²) in [4.78, 5) is 10.3. The molecule has 4 nitrogen and oxygen atoms in total. The van der Waals surface area contributed by atoms with E-state index in [0.29, 0.717) is 0 Å². The molecule has 0 atom stereocenters. The second-order valence-corrected chi connectivity index (χ2v) is 5.70. The van der Waals surface area contributed by atoms with E-state index in [-0.39, 0.29) is 12.4 Å². The first kappa shape index (κ1) is 15.5. The Kier molecular flexibility index (Phi) is 5.60. The second-order valence-electron chi connectivity index (χ2n) is 4.78. The van der Waals surface area contributed by atoms with Gasteiger partial charge in [0.05, 0.1) is 18.4 Å². The first-order valence-electron chi connectivity index (χ1n) is 6.54. The van der Waals surface area contributed by atoms with Crippen molar-refractivity contribution in [2.75, 3.05) is 26.2 Å². The fraction of sp³-hybridized carbons (Fsp3) is 0.357. The zero-order chi connectivity index (χ0) is 13.1. The van der Waals surface area contributed by atoms with Crippen LogP contribution in [0.2, 0.25) is 0 Å². The number of nitrogens with one attached hydrogen (secondary N) is 2. The average molecular weight is 358 g/mol. The number of rotatable bonds is 3. The summed E-state index contributed by atoms with van der Waals surface area (Å²) in [7, 11) is 0. The number of piperazine rings is 1. The lowest BCUT2D eigenvalue weighted by molar-refractivity contribution is 0.228. The maximum absolute atomic E-state index is 4.48. The van der Waals surface area contributed by atoms with E-state index < -0.39 is 0 Å². The van der Waals surface area contributed by atoms with Gasteiger partial charge in [0.1, 0.15) is 5.82 Å². The zero-order valence-corrected chi connectivity index (χ0v) is 13.5. The van der Waals surface area contributed by atoms with Crippen LogP contribution in [0.5, 0.6) is 0 Å². The third kappa shape index (κ3) is 3.82. The molecule has 108 valence electrons. The monoisotopic (exact) mass is 356 g/mol. The summed E-state index contributed by atoms with van der Waals surface area (Å²) in [5, 5.41) is 3.36. The third-order valence-electron chi connectivity index (χ3n) is 3.35. The topological polar surface area (TPSA) is 44.0 Å². The Balaban J connectivity index is 0.00000147. The predicted molar refractivity (Wildman–Crippen MR) is 87.1 cm³/mol. The molecular formula is C14H18BrClN4. The maximum Gasteiger partial charge on any atom is 0.120 e. The summed E-state index contributed by atoms with van der Waals surface area (Å²) in [5.41, 5.74) is 2.24. The predicted octanol–water partition coefficient (Wildman–Crippen LogP) is 2.67. The van der Waals surface area contributed by atoms with Crippen molar-refractivity contribution in [2.45, 2.75) is 6.54 Å². The second kappa shape index (κ2) is 7.22. The highest BCUT2D eigenvalue weighted by molar-refractivity contribution is 9.10. The maximum atomic E-state index is 4.48. The lowest BCUT2D eigenvalue weighted by Crippen LogP contribution is -2.43. The number of aromatic nitrogens is 2. The highest BCUT2D eigenvalue weighted by atomic mass is 79.9. The van der Waals surface area contributed by atoms with Crippen LogP contribution in [-0.2, 0) is 6.54 Å². The van der Waals surface area contributed by atoms with Crippen LogP contribution in [0.1, 0.15) is 5.82 Å². The van der Waals surface area contributed by atoms with E-state index in [9.17, 15) is 0 Å². The lowest BCUT2D eigenvalue weighted by Gasteiger charge is -2.26. The molecule has 0 aliphatic carbocycles. The van der Waals surface area contributed by atoms with Crippen LogP contribution in [0.15, 0.2) is 34.9 Å². The molecule has 0 saturated carbocycles. The van der Waals surface area contributed by atoms with Crippen molar-refractivity contribution in [1.29, 1.82) is 0 Å². The molecule has 0 amide bonds. The minimum Gasteiger partial charge on any atom is -0.341 e. The van der Waals surface area contributed by atoms with Crippen molar-refractivity contribution in [1.82, 2.24) is 20.2 Å². The molecule has 1 aromatic carbocycles. The summed E-state index contributed by atoms with van der Waals surface area (Å²) in [6, 6.07) is 8.26. The van der Waals surface area contributed by atoms with Gasteiger partial charge in [-0.25, -0.2) is 4.98 Å². The Morgan fingerprint density at radius 1 is 1.25 bits per heavy atom. The van der Waals surface area contributed by atoms with Crippen molar-refractivity contribution in [3.05, 3.63) is 40.8 Å². The van der Waals surface area contributed by atoms with Gasteiger partial charge in [0.25, 0.3) is 0 Å². The van der Waals surface area contributed by atoms with Crippen LogP contribution in [0.25, 0.3) is 11.3 Å². The van der Waals surface area contributed by atoms with Gasteiger partial charge in [0, 0.05) is 36.2 Å². The fourth-order valence-corrected chi connectivity index (χ4v) is 2.73. The van der Waals surface area contributed by atoms with E-state index in [1.165, 1.54) is 0 Å². The van der Waals surface area contributed by atoms with Gasteiger partial charge in [-0.2, -0.15) is 0 Å². The van der Waals surface area contributed by atoms with Gasteiger partial charge >= 0.3 is 0 Å². The summed E-state index contributed by atoms with van der Waals surface area (Å²) in [5.74, 6) is 1.04. The largest absolute Gasteiger partial charge is 0.341 e. The van der Waals surface area contributed by atoms with E-state index in [1.807, 2.05) is 18.3 Å². The zero-order valence-electron chi connectivity index (χ0n) is 11.1. The van der Waals surface area contributed by atoms with E-state index in [1.54, 1.807) is 0 Å². The van der Waals surface area contributed by atoms with Gasteiger partial charge in [0.15, 0.2) is 0 Å². The van der Waals surface area contributed by atoms with Gasteiger partial charge < -0.3 is 10.3 Å². The van der Waals surface area contributed by atoms with Crippen molar-refractivity contribution in [3.8, 4) is 11.3 Å². The molecule has 2 aromatic rings. The molecule has 0 unspecified atom stereocenters. The van der Waals surface area contributed by atoms with Gasteiger partial charge in [-0.05, 0) is 12.1 Å². The summed E-state index contributed by atoms with van der Waals surface area (Å²) in [6.45, 7) is 5.22. The van der Waals surface area contributed by atoms with Crippen LogP contribution in [0.4, 0.5) is 0 Å². The van der Waals surface area contributed by atoms with Crippen LogP contribution >= 0.6 is 28.3 Å². The average Bonchev–Trinajstić information content (AvgIpc) is 2.88. The smallest absolute Gasteiger partial charge is 0.120 e. The lowest BCUT2D eigenvalue weighted by atomic mass is 10.2. The van der Waals surface area contributed by atoms with Gasteiger partial charge in [-0.15, -0.1) is 12.4 Å². The summed E-state index contributed by atoms with van der Waals surface area (Å²) < 4.78 is 1.09. The molecular weight excluding hydrogens is 340 g/mol. The van der Waals surface area contributed by atoms with Crippen molar-refractivity contribution >= 4 is 28.3 Å². The SMILES string of the molecule is Brc1cccc(-c2cnc(CN3CCNCC3)[nH]2)c1.Cl. The molecule has 1 aliphatic heterocycles. The Morgan fingerprint density at radius 2 is 2.05 bits per heavy atom. The van der Waals surface area contributed by atoms with Crippen molar-refractivity contribution < 1.29 is 0 Å². The molecule has 0 radical (unpaired) electrons. The molecule has 6 heteroatoms. The van der Waals surface area contributed by atoms with Gasteiger partial charge in [0.2, 0.25) is 0 Å². The minimum atomic E-state index is 0. The highest BCUT2D eigenvalue weighted by Gasteiger charge is 2.12.